The Balaban J connectivity index is 1.63. The first-order valence-electron chi connectivity index (χ1n) is 11.0. The lowest BCUT2D eigenvalue weighted by Gasteiger charge is -2.08. The number of hydrogen-bond acceptors (Lipinski definition) is 4. The Bertz CT molecular complexity index is 1640. The molecule has 0 radical (unpaired) electrons. The lowest BCUT2D eigenvalue weighted by atomic mass is 10.0. The number of rotatable bonds is 4. The van der Waals surface area contributed by atoms with Crippen LogP contribution in [0.1, 0.15) is 22.8 Å². The van der Waals surface area contributed by atoms with Crippen LogP contribution in [0, 0.1) is 6.92 Å². The number of aryl methyl sites for hydroxylation is 2. The summed E-state index contributed by atoms with van der Waals surface area (Å²) in [6.45, 7) is 4.45. The molecule has 0 fully saturated rings. The number of azo groups is 1. The summed E-state index contributed by atoms with van der Waals surface area (Å²) in [6.07, 6.45) is 0. The fourth-order valence-electron chi connectivity index (χ4n) is 4.15. The van der Waals surface area contributed by atoms with Crippen LogP contribution in [0.3, 0.4) is 0 Å². The minimum absolute atomic E-state index is 0.0249. The van der Waals surface area contributed by atoms with Crippen molar-refractivity contribution >= 4 is 65.3 Å². The molecule has 0 aliphatic heterocycles. The van der Waals surface area contributed by atoms with Gasteiger partial charge in [-0.2, -0.15) is 0 Å². The Morgan fingerprint density at radius 3 is 2.46 bits per heavy atom. The third-order valence-corrected chi connectivity index (χ3v) is 6.89. The van der Waals surface area contributed by atoms with E-state index in [9.17, 15) is 9.90 Å². The van der Waals surface area contributed by atoms with E-state index in [-0.39, 0.29) is 11.6 Å². The second kappa shape index (κ2) is 9.36. The van der Waals surface area contributed by atoms with Crippen LogP contribution in [0.25, 0.3) is 33.1 Å². The Labute approximate surface area is 218 Å². The maximum Gasteiger partial charge on any atom is 0.296 e. The number of amides is 1. The van der Waals surface area contributed by atoms with E-state index < -0.39 is 5.91 Å². The molecular formula is C27H20Br2N4O2. The second-order valence-electron chi connectivity index (χ2n) is 8.17. The number of carbonyl (C=O) groups excluding carboxylic acids is 1. The first-order valence-corrected chi connectivity index (χ1v) is 12.6. The van der Waals surface area contributed by atoms with E-state index in [1.165, 1.54) is 0 Å². The Morgan fingerprint density at radius 2 is 1.71 bits per heavy atom. The zero-order valence-electron chi connectivity index (χ0n) is 19.0. The standard InChI is InChI=1S/C27H20Br2N4O2/c1-3-33-24-11-9-18(29)13-21(24)25(27(33)35)31-32-26(34)20-14-23(16-5-7-17(28)8-6-16)30-22-10-4-15(2)12-19(20)22/h4-14,35H,3H2,1-2H3. The average molecular weight is 592 g/mol. The van der Waals surface area contributed by atoms with Crippen molar-refractivity contribution in [3.05, 3.63) is 86.8 Å². The minimum Gasteiger partial charge on any atom is -0.493 e. The van der Waals surface area contributed by atoms with Crippen LogP contribution in [-0.2, 0) is 6.54 Å². The lowest BCUT2D eigenvalue weighted by Crippen LogP contribution is -1.99. The third kappa shape index (κ3) is 4.39. The molecule has 0 bridgehead atoms. The molecule has 6 nitrogen and oxygen atoms in total. The van der Waals surface area contributed by atoms with Gasteiger partial charge in [0.1, 0.15) is 0 Å². The molecule has 0 aliphatic rings. The highest BCUT2D eigenvalue weighted by atomic mass is 79.9. The van der Waals surface area contributed by atoms with Crippen molar-refractivity contribution in [2.75, 3.05) is 0 Å². The molecule has 0 atom stereocenters. The van der Waals surface area contributed by atoms with Gasteiger partial charge >= 0.3 is 0 Å². The van der Waals surface area contributed by atoms with E-state index in [4.69, 9.17) is 4.98 Å². The van der Waals surface area contributed by atoms with Gasteiger partial charge in [-0.3, -0.25) is 4.79 Å². The first-order chi connectivity index (χ1) is 16.9. The van der Waals surface area contributed by atoms with Gasteiger partial charge in [-0.05, 0) is 62.4 Å². The van der Waals surface area contributed by atoms with Crippen molar-refractivity contribution in [3.8, 4) is 17.1 Å². The van der Waals surface area contributed by atoms with Crippen LogP contribution in [0.5, 0.6) is 5.88 Å². The number of carbonyl (C=O) groups is 1. The van der Waals surface area contributed by atoms with E-state index in [1.807, 2.05) is 74.5 Å². The molecule has 0 saturated heterocycles. The van der Waals surface area contributed by atoms with Crippen LogP contribution in [-0.4, -0.2) is 20.6 Å². The zero-order chi connectivity index (χ0) is 24.7. The molecule has 1 amide bonds. The van der Waals surface area contributed by atoms with Gasteiger partial charge in [-0.1, -0.05) is 55.6 Å². The van der Waals surface area contributed by atoms with Gasteiger partial charge in [0.15, 0.2) is 5.69 Å². The largest absolute Gasteiger partial charge is 0.493 e. The average Bonchev–Trinajstić information content (AvgIpc) is 3.11. The molecular weight excluding hydrogens is 572 g/mol. The van der Waals surface area contributed by atoms with Gasteiger partial charge in [-0.15, -0.1) is 10.2 Å². The van der Waals surface area contributed by atoms with E-state index in [1.54, 1.807) is 10.6 Å². The second-order valence-corrected chi connectivity index (χ2v) is 10.00. The maximum atomic E-state index is 13.4. The minimum atomic E-state index is -0.506. The Hall–Kier alpha value is -3.36. The molecule has 2 heterocycles. The SMILES string of the molecule is CCn1c(O)c(N=NC(=O)c2cc(-c3ccc(Br)cc3)nc3ccc(C)cc23)c2cc(Br)ccc21. The van der Waals surface area contributed by atoms with E-state index in [0.717, 1.165) is 25.6 Å². The van der Waals surface area contributed by atoms with Crippen LogP contribution in [0.15, 0.2) is 85.9 Å². The van der Waals surface area contributed by atoms with Crippen molar-refractivity contribution < 1.29 is 9.90 Å². The summed E-state index contributed by atoms with van der Waals surface area (Å²) in [6, 6.07) is 20.9. The predicted molar refractivity (Wildman–Crippen MR) is 145 cm³/mol. The molecule has 35 heavy (non-hydrogen) atoms. The normalized spacial score (nSPS) is 11.7. The highest BCUT2D eigenvalue weighted by molar-refractivity contribution is 9.10. The van der Waals surface area contributed by atoms with Gasteiger partial charge < -0.3 is 9.67 Å². The summed E-state index contributed by atoms with van der Waals surface area (Å²) in [7, 11) is 0. The smallest absolute Gasteiger partial charge is 0.296 e. The summed E-state index contributed by atoms with van der Waals surface area (Å²) in [5, 5.41) is 20.5. The van der Waals surface area contributed by atoms with Crippen LogP contribution in [0.2, 0.25) is 0 Å². The van der Waals surface area contributed by atoms with Crippen molar-refractivity contribution in [2.24, 2.45) is 10.2 Å². The number of pyridine rings is 1. The summed E-state index contributed by atoms with van der Waals surface area (Å²) in [4.78, 5) is 18.1. The third-order valence-electron chi connectivity index (χ3n) is 5.86. The molecule has 8 heteroatoms. The van der Waals surface area contributed by atoms with Gasteiger partial charge in [0.2, 0.25) is 5.88 Å². The number of aromatic hydroxyl groups is 1. The molecule has 174 valence electrons. The number of halogens is 2. The molecule has 3 aromatic carbocycles. The number of aromatic nitrogens is 2. The summed E-state index contributed by atoms with van der Waals surface area (Å²) in [5.41, 5.74) is 4.74. The molecule has 5 aromatic rings. The van der Waals surface area contributed by atoms with Crippen molar-refractivity contribution in [1.29, 1.82) is 0 Å². The molecule has 0 saturated carbocycles. The zero-order valence-corrected chi connectivity index (χ0v) is 22.1. The van der Waals surface area contributed by atoms with Gasteiger partial charge in [0.05, 0.1) is 22.3 Å². The summed E-state index contributed by atoms with van der Waals surface area (Å²) >= 11 is 6.92. The quantitative estimate of drug-likeness (QED) is 0.213. The fraction of sp³-hybridized carbons (Fsp3) is 0.111. The fourth-order valence-corrected chi connectivity index (χ4v) is 4.77. The highest BCUT2D eigenvalue weighted by Crippen LogP contribution is 2.40. The molecule has 5 rings (SSSR count). The topological polar surface area (TPSA) is 79.8 Å². The Morgan fingerprint density at radius 1 is 0.971 bits per heavy atom. The first kappa shape index (κ1) is 23.4. The molecule has 0 aliphatic carbocycles. The number of benzene rings is 3. The van der Waals surface area contributed by atoms with Crippen molar-refractivity contribution in [2.45, 2.75) is 20.4 Å². The number of nitrogens with zero attached hydrogens (tertiary/aromatic N) is 4. The number of fused-ring (bicyclic) bond motifs is 2. The van der Waals surface area contributed by atoms with E-state index in [0.29, 0.717) is 34.1 Å². The lowest BCUT2D eigenvalue weighted by molar-refractivity contribution is 0.0996. The Kier molecular flexibility index (Phi) is 6.25. The van der Waals surface area contributed by atoms with Gasteiger partial charge in [-0.25, -0.2) is 4.98 Å². The highest BCUT2D eigenvalue weighted by Gasteiger charge is 2.18. The monoisotopic (exact) mass is 590 g/mol. The van der Waals surface area contributed by atoms with Crippen molar-refractivity contribution in [1.82, 2.24) is 9.55 Å². The molecule has 0 unspecified atom stereocenters. The maximum absolute atomic E-state index is 13.4. The molecule has 1 N–H and O–H groups in total. The van der Waals surface area contributed by atoms with Crippen LogP contribution in [0.4, 0.5) is 5.69 Å². The van der Waals surface area contributed by atoms with Crippen molar-refractivity contribution in [3.63, 3.8) is 0 Å². The van der Waals surface area contributed by atoms with Crippen LogP contribution < -0.4 is 0 Å². The summed E-state index contributed by atoms with van der Waals surface area (Å²) < 4.78 is 3.54. The summed E-state index contributed by atoms with van der Waals surface area (Å²) in [5.74, 6) is -0.531. The predicted octanol–water partition coefficient (Wildman–Crippen LogP) is 8.34. The van der Waals surface area contributed by atoms with E-state index >= 15 is 0 Å². The van der Waals surface area contributed by atoms with Crippen LogP contribution >= 0.6 is 31.9 Å². The number of hydrogen-bond donors (Lipinski definition) is 1. The van der Waals surface area contributed by atoms with Gasteiger partial charge in [0, 0.05) is 31.8 Å². The van der Waals surface area contributed by atoms with Gasteiger partial charge in [0.25, 0.3) is 5.91 Å². The molecule has 0 spiro atoms. The van der Waals surface area contributed by atoms with E-state index in [2.05, 4.69) is 42.1 Å². The molecule has 2 aromatic heterocycles.